The first-order chi connectivity index (χ1) is 12.4. The van der Waals surface area contributed by atoms with Crippen molar-refractivity contribution in [1.29, 1.82) is 0 Å². The summed E-state index contributed by atoms with van der Waals surface area (Å²) in [7, 11) is 0. The van der Waals surface area contributed by atoms with Crippen LogP contribution in [-0.2, 0) is 5.41 Å². The maximum absolute atomic E-state index is 13.5. The van der Waals surface area contributed by atoms with E-state index < -0.39 is 0 Å². The minimum atomic E-state index is -0.382. The molecule has 0 radical (unpaired) electrons. The minimum Gasteiger partial charge on any atom is -0.366 e. The molecule has 0 amide bonds. The quantitative estimate of drug-likeness (QED) is 0.512. The summed E-state index contributed by atoms with van der Waals surface area (Å²) in [5.41, 5.74) is 2.79. The standard InChI is InChI=1S/C20H22ClFN2O2/c1-3-20(17-6-5-16(22)12-14(17)2)8-10-23(11-9-20)18-7-4-15(21)13-19(18)24(25)26/h4-7,12-13H,3,8-11H2,1-2H3. The van der Waals surface area contributed by atoms with Gasteiger partial charge in [-0.3, -0.25) is 10.1 Å². The summed E-state index contributed by atoms with van der Waals surface area (Å²) in [4.78, 5) is 13.1. The zero-order valence-electron chi connectivity index (χ0n) is 15.0. The van der Waals surface area contributed by atoms with Gasteiger partial charge in [0.1, 0.15) is 11.5 Å². The second-order valence-corrected chi connectivity index (χ2v) is 7.41. The van der Waals surface area contributed by atoms with E-state index in [0.717, 1.165) is 24.8 Å². The Labute approximate surface area is 157 Å². The molecule has 3 rings (SSSR count). The smallest absolute Gasteiger partial charge is 0.294 e. The molecule has 0 spiro atoms. The SMILES string of the molecule is CCC1(c2ccc(F)cc2C)CCN(c2ccc(Cl)cc2[N+](=O)[O-])CC1. The Kier molecular flexibility index (Phi) is 5.19. The van der Waals surface area contributed by atoms with Gasteiger partial charge in [0, 0.05) is 24.2 Å². The topological polar surface area (TPSA) is 46.4 Å². The zero-order chi connectivity index (χ0) is 18.9. The summed E-state index contributed by atoms with van der Waals surface area (Å²) in [5, 5.41) is 11.7. The third-order valence-corrected chi connectivity index (χ3v) is 5.87. The third kappa shape index (κ3) is 3.40. The number of nitro benzene ring substituents is 1. The van der Waals surface area contributed by atoms with E-state index in [2.05, 4.69) is 11.8 Å². The van der Waals surface area contributed by atoms with Gasteiger partial charge in [-0.05, 0) is 67.0 Å². The summed E-state index contributed by atoms with van der Waals surface area (Å²) >= 11 is 5.92. The van der Waals surface area contributed by atoms with Crippen LogP contribution in [0.3, 0.4) is 0 Å². The van der Waals surface area contributed by atoms with E-state index in [1.54, 1.807) is 18.2 Å². The van der Waals surface area contributed by atoms with Gasteiger partial charge in [-0.2, -0.15) is 0 Å². The number of hydrogen-bond acceptors (Lipinski definition) is 3. The first kappa shape index (κ1) is 18.6. The van der Waals surface area contributed by atoms with Crippen LogP contribution in [0.4, 0.5) is 15.8 Å². The van der Waals surface area contributed by atoms with Gasteiger partial charge in [-0.1, -0.05) is 24.6 Å². The molecule has 0 N–H and O–H groups in total. The number of aryl methyl sites for hydroxylation is 1. The van der Waals surface area contributed by atoms with Crippen LogP contribution < -0.4 is 4.90 Å². The lowest BCUT2D eigenvalue weighted by molar-refractivity contribution is -0.384. The summed E-state index contributed by atoms with van der Waals surface area (Å²) in [6.07, 6.45) is 2.70. The highest BCUT2D eigenvalue weighted by Gasteiger charge is 2.37. The second kappa shape index (κ2) is 7.23. The van der Waals surface area contributed by atoms with Gasteiger partial charge in [0.2, 0.25) is 0 Å². The lowest BCUT2D eigenvalue weighted by atomic mass is 9.69. The van der Waals surface area contributed by atoms with Crippen LogP contribution in [0.5, 0.6) is 0 Å². The molecule has 2 aromatic carbocycles. The van der Waals surface area contributed by atoms with Crippen molar-refractivity contribution >= 4 is 23.0 Å². The zero-order valence-corrected chi connectivity index (χ0v) is 15.7. The van der Waals surface area contributed by atoms with Gasteiger partial charge >= 0.3 is 0 Å². The van der Waals surface area contributed by atoms with Gasteiger partial charge in [-0.25, -0.2) is 4.39 Å². The minimum absolute atomic E-state index is 0.0184. The Balaban J connectivity index is 1.87. The number of piperidine rings is 1. The molecule has 4 nitrogen and oxygen atoms in total. The lowest BCUT2D eigenvalue weighted by Gasteiger charge is -2.43. The van der Waals surface area contributed by atoms with Crippen LogP contribution in [-0.4, -0.2) is 18.0 Å². The second-order valence-electron chi connectivity index (χ2n) is 6.97. The number of anilines is 1. The van der Waals surface area contributed by atoms with E-state index in [1.165, 1.54) is 17.7 Å². The largest absolute Gasteiger partial charge is 0.366 e. The molecule has 0 saturated carbocycles. The predicted molar refractivity (Wildman–Crippen MR) is 103 cm³/mol. The molecule has 0 bridgehead atoms. The van der Waals surface area contributed by atoms with Crippen LogP contribution in [0.15, 0.2) is 36.4 Å². The normalized spacial score (nSPS) is 16.5. The molecule has 1 aliphatic rings. The van der Waals surface area contributed by atoms with Gasteiger partial charge < -0.3 is 4.90 Å². The molecule has 138 valence electrons. The number of rotatable bonds is 4. The highest BCUT2D eigenvalue weighted by atomic mass is 35.5. The fourth-order valence-electron chi connectivity index (χ4n) is 4.12. The molecule has 1 fully saturated rings. The van der Waals surface area contributed by atoms with Gasteiger partial charge in [0.15, 0.2) is 0 Å². The van der Waals surface area contributed by atoms with Gasteiger partial charge in [0.05, 0.1) is 4.92 Å². The Morgan fingerprint density at radius 2 is 1.92 bits per heavy atom. The highest BCUT2D eigenvalue weighted by molar-refractivity contribution is 6.30. The molecule has 1 saturated heterocycles. The number of hydrogen-bond donors (Lipinski definition) is 0. The van der Waals surface area contributed by atoms with Crippen LogP contribution in [0, 0.1) is 22.9 Å². The van der Waals surface area contributed by atoms with Crippen molar-refractivity contribution in [3.05, 3.63) is 68.5 Å². The van der Waals surface area contributed by atoms with Crippen LogP contribution in [0.2, 0.25) is 5.02 Å². The van der Waals surface area contributed by atoms with Crippen molar-refractivity contribution < 1.29 is 9.31 Å². The van der Waals surface area contributed by atoms with Crippen molar-refractivity contribution in [1.82, 2.24) is 0 Å². The summed E-state index contributed by atoms with van der Waals surface area (Å²) in [6, 6.07) is 9.83. The van der Waals surface area contributed by atoms with Gasteiger partial charge in [-0.15, -0.1) is 0 Å². The molecule has 1 heterocycles. The Morgan fingerprint density at radius 3 is 2.50 bits per heavy atom. The van der Waals surface area contributed by atoms with E-state index in [0.29, 0.717) is 23.8 Å². The third-order valence-electron chi connectivity index (χ3n) is 5.63. The van der Waals surface area contributed by atoms with Crippen molar-refractivity contribution in [2.45, 2.75) is 38.5 Å². The highest BCUT2D eigenvalue weighted by Crippen LogP contribution is 2.42. The molecular formula is C20H22ClFN2O2. The average Bonchev–Trinajstić information content (AvgIpc) is 2.62. The molecule has 1 aliphatic heterocycles. The van der Waals surface area contributed by atoms with E-state index in [9.17, 15) is 14.5 Å². The fraction of sp³-hybridized carbons (Fsp3) is 0.400. The maximum Gasteiger partial charge on any atom is 0.294 e. The van der Waals surface area contributed by atoms with Crippen molar-refractivity contribution in [3.63, 3.8) is 0 Å². The molecular weight excluding hydrogens is 355 g/mol. The number of halogens is 2. The van der Waals surface area contributed by atoms with Crippen molar-refractivity contribution in [2.75, 3.05) is 18.0 Å². The molecule has 6 heteroatoms. The van der Waals surface area contributed by atoms with Crippen LogP contribution >= 0.6 is 11.6 Å². The first-order valence-electron chi connectivity index (χ1n) is 8.82. The Bertz CT molecular complexity index is 833. The first-order valence-corrected chi connectivity index (χ1v) is 9.19. The van der Waals surface area contributed by atoms with E-state index in [4.69, 9.17) is 11.6 Å². The number of nitrogens with zero attached hydrogens (tertiary/aromatic N) is 2. The maximum atomic E-state index is 13.5. The molecule has 0 unspecified atom stereocenters. The van der Waals surface area contributed by atoms with Crippen molar-refractivity contribution in [3.8, 4) is 0 Å². The van der Waals surface area contributed by atoms with Crippen molar-refractivity contribution in [2.24, 2.45) is 0 Å². The van der Waals surface area contributed by atoms with Crippen LogP contribution in [0.25, 0.3) is 0 Å². The van der Waals surface area contributed by atoms with Gasteiger partial charge in [0.25, 0.3) is 5.69 Å². The van der Waals surface area contributed by atoms with E-state index in [1.807, 2.05) is 13.0 Å². The van der Waals surface area contributed by atoms with Crippen LogP contribution in [0.1, 0.15) is 37.3 Å². The Hall–Kier alpha value is -2.14. The molecule has 26 heavy (non-hydrogen) atoms. The summed E-state index contributed by atoms with van der Waals surface area (Å²) in [5.74, 6) is -0.216. The molecule has 0 aliphatic carbocycles. The molecule has 2 aromatic rings. The predicted octanol–water partition coefficient (Wildman–Crippen LogP) is 5.64. The summed E-state index contributed by atoms with van der Waals surface area (Å²) < 4.78 is 13.5. The molecule has 0 aromatic heterocycles. The lowest BCUT2D eigenvalue weighted by Crippen LogP contribution is -2.43. The monoisotopic (exact) mass is 376 g/mol. The van der Waals surface area contributed by atoms with E-state index in [-0.39, 0.29) is 21.8 Å². The number of nitro groups is 1. The Morgan fingerprint density at radius 1 is 1.23 bits per heavy atom. The fourth-order valence-corrected chi connectivity index (χ4v) is 4.29. The number of benzene rings is 2. The summed E-state index contributed by atoms with van der Waals surface area (Å²) in [6.45, 7) is 5.54. The van der Waals surface area contributed by atoms with E-state index >= 15 is 0 Å². The molecule has 0 atom stereocenters. The average molecular weight is 377 g/mol.